The number of esters is 1. The van der Waals surface area contributed by atoms with E-state index in [0.29, 0.717) is 0 Å². The van der Waals surface area contributed by atoms with Crippen LogP contribution in [0.25, 0.3) is 0 Å². The summed E-state index contributed by atoms with van der Waals surface area (Å²) >= 11 is 0. The topological polar surface area (TPSA) is 92.3 Å². The second-order valence-electron chi connectivity index (χ2n) is 8.01. The highest BCUT2D eigenvalue weighted by Gasteiger charge is 2.50. The van der Waals surface area contributed by atoms with Gasteiger partial charge in [0, 0.05) is 0 Å². The summed E-state index contributed by atoms with van der Waals surface area (Å²) in [6, 6.07) is -1.00. The number of carbonyl (C=O) groups is 2. The molecule has 1 atom stereocenters. The maximum atomic E-state index is 11.8. The standard InChI is InChI=1S/C17H30BNO7/c1-15(2,3)24-14(21)19-12(13(20)22-8)11-23-10-9-18-25-16(4,5)17(6,7)26-18/h9-10,12H,11H2,1-8H3,(H,19,21)/b10-9+. The average molecular weight is 371 g/mol. The Labute approximate surface area is 155 Å². The Hall–Kier alpha value is -1.74. The first kappa shape index (κ1) is 22.3. The van der Waals surface area contributed by atoms with Gasteiger partial charge in [-0.2, -0.15) is 0 Å². The van der Waals surface area contributed by atoms with Crippen LogP contribution in [-0.4, -0.2) is 55.7 Å². The third kappa shape index (κ3) is 6.53. The summed E-state index contributed by atoms with van der Waals surface area (Å²) in [6.07, 6.45) is 0.640. The van der Waals surface area contributed by atoms with Gasteiger partial charge in [-0.25, -0.2) is 9.59 Å². The second kappa shape index (κ2) is 8.31. The molecule has 148 valence electrons. The molecule has 1 unspecified atom stereocenters. The number of methoxy groups -OCH3 is 1. The van der Waals surface area contributed by atoms with Gasteiger partial charge in [0.2, 0.25) is 0 Å². The van der Waals surface area contributed by atoms with E-state index < -0.39 is 42.0 Å². The highest BCUT2D eigenvalue weighted by atomic mass is 16.7. The number of rotatable bonds is 6. The predicted octanol–water partition coefficient (Wildman–Crippen LogP) is 2.21. The summed E-state index contributed by atoms with van der Waals surface area (Å²) in [7, 11) is 0.669. The van der Waals surface area contributed by atoms with Crippen LogP contribution in [0.2, 0.25) is 0 Å². The van der Waals surface area contributed by atoms with Crippen LogP contribution < -0.4 is 5.32 Å². The number of hydrogen-bond acceptors (Lipinski definition) is 7. The van der Waals surface area contributed by atoms with Crippen molar-refractivity contribution >= 4 is 19.2 Å². The minimum Gasteiger partial charge on any atom is -0.499 e. The van der Waals surface area contributed by atoms with Crippen molar-refractivity contribution < 1.29 is 33.1 Å². The van der Waals surface area contributed by atoms with Gasteiger partial charge < -0.3 is 28.8 Å². The Morgan fingerprint density at radius 1 is 1.15 bits per heavy atom. The van der Waals surface area contributed by atoms with Crippen molar-refractivity contribution in [3.8, 4) is 0 Å². The Balaban J connectivity index is 2.55. The Morgan fingerprint density at radius 2 is 1.69 bits per heavy atom. The van der Waals surface area contributed by atoms with Gasteiger partial charge in [-0.3, -0.25) is 0 Å². The molecule has 26 heavy (non-hydrogen) atoms. The minimum atomic E-state index is -1.00. The number of amides is 1. The molecule has 1 N–H and O–H groups in total. The number of alkyl carbamates (subject to hydrolysis) is 1. The normalized spacial score (nSPS) is 19.9. The average Bonchev–Trinajstić information content (AvgIpc) is 2.67. The van der Waals surface area contributed by atoms with Gasteiger partial charge in [0.05, 0.1) is 24.6 Å². The molecule has 0 aromatic heterocycles. The number of carbonyl (C=O) groups excluding carboxylic acids is 2. The SMILES string of the molecule is COC(=O)C(CO/C=C/B1OC(C)(C)C(C)(C)O1)NC(=O)OC(C)(C)C. The molecule has 0 spiro atoms. The van der Waals surface area contributed by atoms with Crippen LogP contribution in [0.5, 0.6) is 0 Å². The Kier molecular flexibility index (Phi) is 7.13. The smallest absolute Gasteiger partial charge is 0.490 e. The molecule has 0 bridgehead atoms. The summed E-state index contributed by atoms with van der Waals surface area (Å²) in [5.74, 6) is 0.957. The van der Waals surface area contributed by atoms with Gasteiger partial charge in [0.1, 0.15) is 12.2 Å². The molecule has 1 aliphatic rings. The highest BCUT2D eigenvalue weighted by Crippen LogP contribution is 2.36. The first-order chi connectivity index (χ1) is 11.8. The van der Waals surface area contributed by atoms with Crippen LogP contribution in [-0.2, 0) is 28.3 Å². The molecular formula is C17H30BNO7. The lowest BCUT2D eigenvalue weighted by Crippen LogP contribution is -2.46. The molecule has 0 aliphatic carbocycles. The third-order valence-electron chi connectivity index (χ3n) is 4.04. The van der Waals surface area contributed by atoms with E-state index in [1.165, 1.54) is 13.4 Å². The molecule has 0 radical (unpaired) electrons. The quantitative estimate of drug-likeness (QED) is 0.435. The van der Waals surface area contributed by atoms with Crippen molar-refractivity contribution in [2.45, 2.75) is 71.3 Å². The number of ether oxygens (including phenoxy) is 3. The van der Waals surface area contributed by atoms with Crippen LogP contribution in [0.15, 0.2) is 12.2 Å². The van der Waals surface area contributed by atoms with Crippen LogP contribution in [0, 0.1) is 0 Å². The molecule has 1 amide bonds. The lowest BCUT2D eigenvalue weighted by molar-refractivity contribution is -0.144. The van der Waals surface area contributed by atoms with Gasteiger partial charge in [-0.1, -0.05) is 0 Å². The van der Waals surface area contributed by atoms with Crippen LogP contribution >= 0.6 is 0 Å². The maximum absolute atomic E-state index is 11.8. The number of nitrogens with one attached hydrogen (secondary N) is 1. The molecule has 0 saturated carbocycles. The van der Waals surface area contributed by atoms with E-state index in [4.69, 9.17) is 18.8 Å². The Bertz CT molecular complexity index is 524. The van der Waals surface area contributed by atoms with Crippen molar-refractivity contribution in [2.24, 2.45) is 0 Å². The van der Waals surface area contributed by atoms with E-state index in [9.17, 15) is 9.59 Å². The minimum absolute atomic E-state index is 0.123. The molecule has 1 saturated heterocycles. The summed E-state index contributed by atoms with van der Waals surface area (Å²) in [6.45, 7) is 12.8. The summed E-state index contributed by atoms with van der Waals surface area (Å²) in [5, 5.41) is 2.42. The molecule has 0 aromatic rings. The fourth-order valence-corrected chi connectivity index (χ4v) is 2.00. The van der Waals surface area contributed by atoms with Crippen molar-refractivity contribution in [1.82, 2.24) is 5.32 Å². The molecule has 1 aliphatic heterocycles. The van der Waals surface area contributed by atoms with Crippen molar-refractivity contribution in [2.75, 3.05) is 13.7 Å². The summed E-state index contributed by atoms with van der Waals surface area (Å²) < 4.78 is 26.7. The summed E-state index contributed by atoms with van der Waals surface area (Å²) in [4.78, 5) is 23.6. The molecular weight excluding hydrogens is 341 g/mol. The molecule has 8 nitrogen and oxygen atoms in total. The molecule has 1 fully saturated rings. The molecule has 1 heterocycles. The zero-order chi connectivity index (χ0) is 20.2. The van der Waals surface area contributed by atoms with E-state index >= 15 is 0 Å². The van der Waals surface area contributed by atoms with Gasteiger partial charge in [0.25, 0.3) is 0 Å². The molecule has 9 heteroatoms. The van der Waals surface area contributed by atoms with Gasteiger partial charge >= 0.3 is 19.2 Å². The fourth-order valence-electron chi connectivity index (χ4n) is 2.00. The first-order valence-electron chi connectivity index (χ1n) is 8.49. The first-order valence-corrected chi connectivity index (χ1v) is 8.49. The molecule has 1 rings (SSSR count). The number of hydrogen-bond donors (Lipinski definition) is 1. The van der Waals surface area contributed by atoms with Crippen molar-refractivity contribution in [1.29, 1.82) is 0 Å². The zero-order valence-corrected chi connectivity index (χ0v) is 16.9. The monoisotopic (exact) mass is 371 g/mol. The second-order valence-corrected chi connectivity index (χ2v) is 8.01. The van der Waals surface area contributed by atoms with Gasteiger partial charge in [-0.15, -0.1) is 0 Å². The third-order valence-corrected chi connectivity index (χ3v) is 4.04. The molecule has 0 aromatic carbocycles. The van der Waals surface area contributed by atoms with Crippen molar-refractivity contribution in [3.05, 3.63) is 12.2 Å². The zero-order valence-electron chi connectivity index (χ0n) is 16.9. The van der Waals surface area contributed by atoms with E-state index in [2.05, 4.69) is 10.1 Å². The lowest BCUT2D eigenvalue weighted by atomic mass is 9.90. The van der Waals surface area contributed by atoms with Crippen LogP contribution in [0.4, 0.5) is 4.79 Å². The van der Waals surface area contributed by atoms with E-state index in [1.807, 2.05) is 27.7 Å². The van der Waals surface area contributed by atoms with E-state index in [0.717, 1.165) is 0 Å². The highest BCUT2D eigenvalue weighted by molar-refractivity contribution is 6.51. The van der Waals surface area contributed by atoms with Gasteiger partial charge in [-0.05, 0) is 54.4 Å². The summed E-state index contributed by atoms with van der Waals surface area (Å²) in [5.41, 5.74) is -1.58. The fraction of sp³-hybridized carbons (Fsp3) is 0.765. The van der Waals surface area contributed by atoms with Crippen LogP contribution in [0.3, 0.4) is 0 Å². The van der Waals surface area contributed by atoms with E-state index in [-0.39, 0.29) is 6.61 Å². The van der Waals surface area contributed by atoms with Crippen LogP contribution in [0.1, 0.15) is 48.5 Å². The largest absolute Gasteiger partial charge is 0.499 e. The maximum Gasteiger partial charge on any atom is 0.490 e. The predicted molar refractivity (Wildman–Crippen MR) is 96.3 cm³/mol. The Morgan fingerprint density at radius 3 is 2.15 bits per heavy atom. The van der Waals surface area contributed by atoms with E-state index in [1.54, 1.807) is 26.7 Å². The lowest BCUT2D eigenvalue weighted by Gasteiger charge is -2.32. The van der Waals surface area contributed by atoms with Crippen molar-refractivity contribution in [3.63, 3.8) is 0 Å². The van der Waals surface area contributed by atoms with Gasteiger partial charge in [0.15, 0.2) is 6.04 Å².